The van der Waals surface area contributed by atoms with Gasteiger partial charge in [0.1, 0.15) is 0 Å². The minimum absolute atomic E-state index is 0.0409. The lowest BCUT2D eigenvalue weighted by molar-refractivity contribution is -0.0933. The van der Waals surface area contributed by atoms with Crippen molar-refractivity contribution in [2.24, 2.45) is 22.9 Å². The molecule has 8 nitrogen and oxygen atoms in total. The molecule has 1 fully saturated rings. The third-order valence-corrected chi connectivity index (χ3v) is 3.59. The predicted octanol–water partition coefficient (Wildman–Crippen LogP) is -1.19. The van der Waals surface area contributed by atoms with Gasteiger partial charge < -0.3 is 41.9 Å². The average molecular weight is 306 g/mol. The van der Waals surface area contributed by atoms with Crippen molar-refractivity contribution in [1.29, 1.82) is 0 Å². The molecule has 0 spiro atoms. The van der Waals surface area contributed by atoms with E-state index < -0.39 is 0 Å². The average Bonchev–Trinajstić information content (AvgIpc) is 2.61. The molecule has 0 amide bonds. The van der Waals surface area contributed by atoms with Gasteiger partial charge in [-0.3, -0.25) is 0 Å². The smallest absolute Gasteiger partial charge is 0.0945 e. The second kappa shape index (κ2) is 11.3. The summed E-state index contributed by atoms with van der Waals surface area (Å²) in [6, 6.07) is 0. The molecule has 0 aromatic heterocycles. The number of hydrogen-bond acceptors (Lipinski definition) is 8. The summed E-state index contributed by atoms with van der Waals surface area (Å²) in [6.07, 6.45) is 2.54. The number of ether oxygens (including phenoxy) is 4. The van der Waals surface area contributed by atoms with E-state index in [0.29, 0.717) is 26.0 Å². The van der Waals surface area contributed by atoms with Gasteiger partial charge in [-0.15, -0.1) is 0 Å². The lowest BCUT2D eigenvalue weighted by Gasteiger charge is -2.27. The van der Waals surface area contributed by atoms with E-state index in [1.54, 1.807) is 0 Å². The molecule has 2 unspecified atom stereocenters. The van der Waals surface area contributed by atoms with E-state index in [1.165, 1.54) is 0 Å². The fourth-order valence-electron chi connectivity index (χ4n) is 2.64. The maximum absolute atomic E-state index is 5.90. The van der Waals surface area contributed by atoms with Gasteiger partial charge in [0, 0.05) is 25.9 Å². The van der Waals surface area contributed by atoms with Crippen LogP contribution >= 0.6 is 0 Å². The highest BCUT2D eigenvalue weighted by Gasteiger charge is 2.34. The van der Waals surface area contributed by atoms with Crippen LogP contribution < -0.4 is 22.9 Å². The Kier molecular flexibility index (Phi) is 10.1. The first-order valence-corrected chi connectivity index (χ1v) is 7.51. The van der Waals surface area contributed by atoms with Crippen molar-refractivity contribution in [3.63, 3.8) is 0 Å². The highest BCUT2D eigenvalue weighted by atomic mass is 16.6. The first kappa shape index (κ1) is 18.7. The summed E-state index contributed by atoms with van der Waals surface area (Å²) in [6.45, 7) is 1.64. The van der Waals surface area contributed by atoms with E-state index in [9.17, 15) is 0 Å². The van der Waals surface area contributed by atoms with Crippen molar-refractivity contribution in [2.75, 3.05) is 33.3 Å². The maximum atomic E-state index is 5.90. The Bertz CT molecular complexity index is 260. The van der Waals surface area contributed by atoms with Crippen molar-refractivity contribution in [2.45, 2.75) is 50.1 Å². The van der Waals surface area contributed by atoms with Crippen molar-refractivity contribution in [3.8, 4) is 0 Å². The van der Waals surface area contributed by atoms with Crippen LogP contribution in [0.4, 0.5) is 0 Å². The third-order valence-electron chi connectivity index (χ3n) is 3.59. The van der Waals surface area contributed by atoms with Crippen LogP contribution in [0, 0.1) is 0 Å². The van der Waals surface area contributed by atoms with Gasteiger partial charge in [-0.05, 0) is 13.0 Å². The normalized spacial score (nSPS) is 30.3. The summed E-state index contributed by atoms with van der Waals surface area (Å²) in [4.78, 5) is 0. The molecule has 0 radical (unpaired) electrons. The van der Waals surface area contributed by atoms with E-state index in [-0.39, 0.29) is 44.6 Å². The van der Waals surface area contributed by atoms with Gasteiger partial charge in [-0.25, -0.2) is 0 Å². The zero-order chi connectivity index (χ0) is 15.5. The van der Waals surface area contributed by atoms with Gasteiger partial charge in [0.25, 0.3) is 0 Å². The van der Waals surface area contributed by atoms with Crippen LogP contribution in [0.2, 0.25) is 0 Å². The van der Waals surface area contributed by atoms with Crippen LogP contribution in [-0.2, 0) is 18.9 Å². The molecule has 0 bridgehead atoms. The van der Waals surface area contributed by atoms with Gasteiger partial charge in [-0.1, -0.05) is 0 Å². The van der Waals surface area contributed by atoms with Crippen molar-refractivity contribution in [3.05, 3.63) is 0 Å². The van der Waals surface area contributed by atoms with Crippen molar-refractivity contribution >= 4 is 0 Å². The molecule has 0 heterocycles. The standard InChI is InChI=1S/C13H30N4O4/c14-2-1-3-18-12-5-10(19-7-15)4-11(20-8-16)6-13(12)21-9-17/h10-13H,1-9,14-17H2/t10?,11-,12?,13-/m1/s1. The molecule has 21 heavy (non-hydrogen) atoms. The Balaban J connectivity index is 2.68. The molecular formula is C13H30N4O4. The zero-order valence-electron chi connectivity index (χ0n) is 12.6. The van der Waals surface area contributed by atoms with E-state index in [0.717, 1.165) is 12.8 Å². The Labute approximate surface area is 126 Å². The molecule has 4 atom stereocenters. The summed E-state index contributed by atoms with van der Waals surface area (Å²) in [5.74, 6) is 0. The molecule has 0 saturated heterocycles. The van der Waals surface area contributed by atoms with Gasteiger partial charge in [0.15, 0.2) is 0 Å². The van der Waals surface area contributed by atoms with Crippen LogP contribution in [0.3, 0.4) is 0 Å². The number of rotatable bonds is 10. The summed E-state index contributed by atoms with van der Waals surface area (Å²) < 4.78 is 22.6. The van der Waals surface area contributed by atoms with E-state index in [1.807, 2.05) is 0 Å². The van der Waals surface area contributed by atoms with Gasteiger partial charge in [0.05, 0.1) is 44.6 Å². The molecule has 8 N–H and O–H groups in total. The van der Waals surface area contributed by atoms with Crippen molar-refractivity contribution < 1.29 is 18.9 Å². The first-order chi connectivity index (χ1) is 10.2. The van der Waals surface area contributed by atoms with E-state index in [2.05, 4.69) is 0 Å². The Hall–Kier alpha value is -0.320. The minimum atomic E-state index is -0.143. The largest absolute Gasteiger partial charge is 0.375 e. The van der Waals surface area contributed by atoms with Gasteiger partial charge >= 0.3 is 0 Å². The Morgan fingerprint density at radius 2 is 1.19 bits per heavy atom. The quantitative estimate of drug-likeness (QED) is 0.224. The molecule has 1 saturated carbocycles. The molecule has 126 valence electrons. The lowest BCUT2D eigenvalue weighted by Crippen LogP contribution is -2.36. The molecule has 1 rings (SSSR count). The highest BCUT2D eigenvalue weighted by molar-refractivity contribution is 4.85. The molecular weight excluding hydrogens is 276 g/mol. The highest BCUT2D eigenvalue weighted by Crippen LogP contribution is 2.27. The summed E-state index contributed by atoms with van der Waals surface area (Å²) >= 11 is 0. The SMILES string of the molecule is NCCCOC1CC(OCN)C[C@@H](OCN)C[C@H]1OCN. The van der Waals surface area contributed by atoms with Crippen LogP contribution in [0.5, 0.6) is 0 Å². The Morgan fingerprint density at radius 3 is 1.67 bits per heavy atom. The summed E-state index contributed by atoms with van der Waals surface area (Å²) in [5.41, 5.74) is 22.0. The predicted molar refractivity (Wildman–Crippen MR) is 79.0 cm³/mol. The fraction of sp³-hybridized carbons (Fsp3) is 1.00. The van der Waals surface area contributed by atoms with Crippen molar-refractivity contribution in [1.82, 2.24) is 0 Å². The first-order valence-electron chi connectivity index (χ1n) is 7.51. The maximum Gasteiger partial charge on any atom is 0.0945 e. The fourth-order valence-corrected chi connectivity index (χ4v) is 2.64. The minimum Gasteiger partial charge on any atom is -0.375 e. The number of hydrogen-bond donors (Lipinski definition) is 4. The molecule has 1 aliphatic carbocycles. The zero-order valence-corrected chi connectivity index (χ0v) is 12.6. The van der Waals surface area contributed by atoms with Gasteiger partial charge in [0.2, 0.25) is 0 Å². The molecule has 8 heteroatoms. The molecule has 0 aliphatic heterocycles. The molecule has 0 aromatic carbocycles. The Morgan fingerprint density at radius 1 is 0.667 bits per heavy atom. The third kappa shape index (κ3) is 6.98. The van der Waals surface area contributed by atoms with E-state index >= 15 is 0 Å². The lowest BCUT2D eigenvalue weighted by atomic mass is 10.1. The monoisotopic (exact) mass is 306 g/mol. The second-order valence-electron chi connectivity index (χ2n) is 5.04. The summed E-state index contributed by atoms with van der Waals surface area (Å²) in [5, 5.41) is 0. The van der Waals surface area contributed by atoms with Crippen LogP contribution in [0.25, 0.3) is 0 Å². The van der Waals surface area contributed by atoms with Gasteiger partial charge in [-0.2, -0.15) is 0 Å². The van der Waals surface area contributed by atoms with E-state index in [4.69, 9.17) is 41.9 Å². The van der Waals surface area contributed by atoms with Crippen LogP contribution in [-0.4, -0.2) is 57.8 Å². The summed E-state index contributed by atoms with van der Waals surface area (Å²) in [7, 11) is 0. The molecule has 0 aromatic rings. The number of nitrogens with two attached hydrogens (primary N) is 4. The van der Waals surface area contributed by atoms with Crippen LogP contribution in [0.1, 0.15) is 25.7 Å². The molecule has 1 aliphatic rings. The van der Waals surface area contributed by atoms with Crippen LogP contribution in [0.15, 0.2) is 0 Å². The second-order valence-corrected chi connectivity index (χ2v) is 5.04. The topological polar surface area (TPSA) is 141 Å².